The lowest BCUT2D eigenvalue weighted by atomic mass is 10.1. The molecule has 0 spiro atoms. The first-order chi connectivity index (χ1) is 17.5. The van der Waals surface area contributed by atoms with E-state index < -0.39 is 8.32 Å². The molecule has 1 aromatic carbocycles. The van der Waals surface area contributed by atoms with Gasteiger partial charge in [0.2, 0.25) is 0 Å². The molecule has 0 amide bonds. The quantitative estimate of drug-likeness (QED) is 0.243. The maximum atomic E-state index is 6.53. The summed E-state index contributed by atoms with van der Waals surface area (Å²) < 4.78 is 19.4. The van der Waals surface area contributed by atoms with Gasteiger partial charge >= 0.3 is 0 Å². The molecular weight excluding hydrogens is 482 g/mol. The predicted octanol–water partition coefficient (Wildman–Crippen LogP) is 6.21. The largest absolute Gasteiger partial charge is 0.497 e. The van der Waals surface area contributed by atoms with Crippen molar-refractivity contribution in [1.82, 2.24) is 19.7 Å². The van der Waals surface area contributed by atoms with E-state index in [9.17, 15) is 0 Å². The number of methoxy groups -OCH3 is 2. The van der Waals surface area contributed by atoms with Gasteiger partial charge < -0.3 is 18.8 Å². The van der Waals surface area contributed by atoms with Gasteiger partial charge in [-0.3, -0.25) is 9.67 Å². The zero-order chi connectivity index (χ0) is 26.8. The van der Waals surface area contributed by atoms with E-state index in [1.54, 1.807) is 18.9 Å². The van der Waals surface area contributed by atoms with Crippen LogP contribution in [0, 0.1) is 0 Å². The van der Waals surface area contributed by atoms with Crippen molar-refractivity contribution in [2.75, 3.05) is 32.3 Å². The Morgan fingerprint density at radius 2 is 1.62 bits per heavy atom. The van der Waals surface area contributed by atoms with Gasteiger partial charge in [0.15, 0.2) is 8.32 Å². The minimum atomic E-state index is -1.91. The van der Waals surface area contributed by atoms with Crippen LogP contribution in [0.3, 0.4) is 0 Å². The van der Waals surface area contributed by atoms with E-state index in [0.29, 0.717) is 24.7 Å². The first kappa shape index (κ1) is 26.6. The van der Waals surface area contributed by atoms with Gasteiger partial charge in [-0.15, -0.1) is 0 Å². The minimum Gasteiger partial charge on any atom is -0.497 e. The third kappa shape index (κ3) is 5.94. The van der Waals surface area contributed by atoms with E-state index in [1.165, 1.54) is 0 Å². The molecular formula is C28H37N5O3Si. The molecule has 0 saturated heterocycles. The molecule has 0 fully saturated rings. The number of aryl methyl sites for hydroxylation is 1. The lowest BCUT2D eigenvalue weighted by Gasteiger charge is -2.37. The van der Waals surface area contributed by atoms with Crippen LogP contribution in [0.25, 0.3) is 22.2 Å². The van der Waals surface area contributed by atoms with Crippen molar-refractivity contribution in [3.8, 4) is 22.6 Å². The molecule has 0 bridgehead atoms. The third-order valence-corrected chi connectivity index (χ3v) is 11.6. The summed E-state index contributed by atoms with van der Waals surface area (Å²) in [5.41, 5.74) is 4.53. The van der Waals surface area contributed by atoms with Crippen molar-refractivity contribution in [3.05, 3.63) is 55.0 Å². The molecule has 0 radical (unpaired) electrons. The third-order valence-electron chi connectivity index (χ3n) is 7.07. The zero-order valence-corrected chi connectivity index (χ0v) is 24.1. The van der Waals surface area contributed by atoms with E-state index in [-0.39, 0.29) is 5.04 Å². The van der Waals surface area contributed by atoms with Gasteiger partial charge in [-0.2, -0.15) is 5.10 Å². The monoisotopic (exact) mass is 519 g/mol. The first-order valence-corrected chi connectivity index (χ1v) is 15.3. The summed E-state index contributed by atoms with van der Waals surface area (Å²) in [5.74, 6) is 2.23. The Balaban J connectivity index is 1.73. The normalized spacial score (nSPS) is 12.1. The first-order valence-electron chi connectivity index (χ1n) is 12.4. The Labute approximate surface area is 220 Å². The predicted molar refractivity (Wildman–Crippen MR) is 151 cm³/mol. The molecule has 3 aromatic heterocycles. The average molecular weight is 520 g/mol. The van der Waals surface area contributed by atoms with E-state index in [2.05, 4.69) is 54.9 Å². The van der Waals surface area contributed by atoms with Crippen LogP contribution in [0.2, 0.25) is 18.1 Å². The molecule has 4 aromatic rings. The molecule has 4 rings (SSSR count). The van der Waals surface area contributed by atoms with Gasteiger partial charge in [0.25, 0.3) is 0 Å². The van der Waals surface area contributed by atoms with Gasteiger partial charge in [-0.25, -0.2) is 4.98 Å². The Bertz CT molecular complexity index is 1360. The number of fused-ring (bicyclic) bond motifs is 1. The minimum absolute atomic E-state index is 0.132. The number of pyridine rings is 2. The molecule has 37 heavy (non-hydrogen) atoms. The number of hydrogen-bond acceptors (Lipinski definition) is 7. The number of hydrogen-bond donors (Lipinski definition) is 0. The van der Waals surface area contributed by atoms with Crippen molar-refractivity contribution < 1.29 is 13.9 Å². The van der Waals surface area contributed by atoms with Crippen molar-refractivity contribution >= 4 is 30.9 Å². The number of rotatable bonds is 9. The number of aromatic nitrogens is 4. The van der Waals surface area contributed by atoms with Crippen molar-refractivity contribution in [3.63, 3.8) is 0 Å². The molecule has 0 unspecified atom stereocenters. The Hall–Kier alpha value is -3.43. The Morgan fingerprint density at radius 1 is 0.919 bits per heavy atom. The second-order valence-electron chi connectivity index (χ2n) is 10.7. The summed E-state index contributed by atoms with van der Waals surface area (Å²) >= 11 is 0. The van der Waals surface area contributed by atoms with Crippen LogP contribution in [0.5, 0.6) is 11.5 Å². The number of ether oxygens (including phenoxy) is 2. The number of anilines is 2. The van der Waals surface area contributed by atoms with Crippen LogP contribution < -0.4 is 14.4 Å². The highest BCUT2D eigenvalue weighted by Gasteiger charge is 2.37. The molecule has 0 aliphatic heterocycles. The Kier molecular flexibility index (Phi) is 7.56. The SMILES string of the molecule is COc1cc(OC)cc(N(CCO[Si](C)(C)C(C)(C)C)c2ccc3ncc(-c4cnn(C)c4)cc3n2)c1. The molecule has 0 N–H and O–H groups in total. The fourth-order valence-electron chi connectivity index (χ4n) is 3.81. The summed E-state index contributed by atoms with van der Waals surface area (Å²) in [6.45, 7) is 12.5. The molecule has 8 nitrogen and oxygen atoms in total. The highest BCUT2D eigenvalue weighted by Crippen LogP contribution is 2.37. The van der Waals surface area contributed by atoms with Crippen LogP contribution >= 0.6 is 0 Å². The topological polar surface area (TPSA) is 74.5 Å². The maximum Gasteiger partial charge on any atom is 0.192 e. The zero-order valence-electron chi connectivity index (χ0n) is 23.1. The van der Waals surface area contributed by atoms with Crippen LogP contribution in [0.1, 0.15) is 20.8 Å². The standard InChI is InChI=1S/C28H37N5O3Si/c1-28(2,3)37(7,8)36-12-11-33(22-14-23(34-5)16-24(15-22)35-6)27-10-9-25-26(31-27)13-20(17-29-25)21-18-30-32(4)19-21/h9-10,13-19H,11-12H2,1-8H3. The van der Waals surface area contributed by atoms with Crippen LogP contribution in [0.4, 0.5) is 11.5 Å². The van der Waals surface area contributed by atoms with E-state index in [0.717, 1.165) is 33.7 Å². The summed E-state index contributed by atoms with van der Waals surface area (Å²) in [7, 11) is 3.31. The number of benzene rings is 1. The van der Waals surface area contributed by atoms with Gasteiger partial charge in [-0.1, -0.05) is 20.8 Å². The lowest BCUT2D eigenvalue weighted by molar-refractivity contribution is 0.297. The van der Waals surface area contributed by atoms with E-state index >= 15 is 0 Å². The summed E-state index contributed by atoms with van der Waals surface area (Å²) in [5, 5.41) is 4.42. The van der Waals surface area contributed by atoms with Crippen molar-refractivity contribution in [2.24, 2.45) is 7.05 Å². The molecule has 0 aliphatic carbocycles. The van der Waals surface area contributed by atoms with E-state index in [4.69, 9.17) is 18.9 Å². The maximum absolute atomic E-state index is 6.53. The fraction of sp³-hybridized carbons (Fsp3) is 0.393. The molecule has 0 aliphatic rings. The fourth-order valence-corrected chi connectivity index (χ4v) is 4.84. The molecule has 196 valence electrons. The van der Waals surface area contributed by atoms with Gasteiger partial charge in [-0.05, 0) is 36.3 Å². The summed E-state index contributed by atoms with van der Waals surface area (Å²) in [4.78, 5) is 11.8. The van der Waals surface area contributed by atoms with Crippen LogP contribution in [-0.2, 0) is 11.5 Å². The lowest BCUT2D eigenvalue weighted by Crippen LogP contribution is -2.42. The van der Waals surface area contributed by atoms with Crippen molar-refractivity contribution in [1.29, 1.82) is 0 Å². The van der Waals surface area contributed by atoms with Crippen LogP contribution in [0.15, 0.2) is 55.0 Å². The highest BCUT2D eigenvalue weighted by atomic mass is 28.4. The van der Waals surface area contributed by atoms with Crippen LogP contribution in [-0.4, -0.2) is 55.4 Å². The molecule has 9 heteroatoms. The molecule has 0 atom stereocenters. The Morgan fingerprint density at radius 3 is 2.22 bits per heavy atom. The smallest absolute Gasteiger partial charge is 0.192 e. The highest BCUT2D eigenvalue weighted by molar-refractivity contribution is 6.74. The summed E-state index contributed by atoms with van der Waals surface area (Å²) in [6, 6.07) is 11.9. The average Bonchev–Trinajstić information content (AvgIpc) is 3.31. The van der Waals surface area contributed by atoms with Gasteiger partial charge in [0.1, 0.15) is 17.3 Å². The molecule has 0 saturated carbocycles. The van der Waals surface area contributed by atoms with Gasteiger partial charge in [0.05, 0.1) is 38.1 Å². The second kappa shape index (κ2) is 10.5. The number of nitrogens with zero attached hydrogens (tertiary/aromatic N) is 5. The van der Waals surface area contributed by atoms with Crippen molar-refractivity contribution in [2.45, 2.75) is 38.9 Å². The van der Waals surface area contributed by atoms with E-state index in [1.807, 2.05) is 56.0 Å². The summed E-state index contributed by atoms with van der Waals surface area (Å²) in [6.07, 6.45) is 5.66. The van der Waals surface area contributed by atoms with Gasteiger partial charge in [0, 0.05) is 61.0 Å². The molecule has 3 heterocycles. The second-order valence-corrected chi connectivity index (χ2v) is 15.5.